The maximum atomic E-state index is 11.7. The molecule has 1 aromatic carbocycles. The Balaban J connectivity index is 2.75. The number of carbonyl (C=O) groups is 1. The van der Waals surface area contributed by atoms with Crippen molar-refractivity contribution >= 4 is 21.8 Å². The summed E-state index contributed by atoms with van der Waals surface area (Å²) in [6, 6.07) is 5.58. The maximum Gasteiger partial charge on any atom is 0.252 e. The molecule has 1 amide bonds. The highest BCUT2D eigenvalue weighted by Crippen LogP contribution is 2.20. The molecule has 0 saturated heterocycles. The first kappa shape index (κ1) is 11.8. The van der Waals surface area contributed by atoms with Gasteiger partial charge in [0.25, 0.3) is 5.91 Å². The van der Waals surface area contributed by atoms with Crippen molar-refractivity contribution in [3.63, 3.8) is 0 Å². The van der Waals surface area contributed by atoms with Gasteiger partial charge >= 0.3 is 0 Å². The van der Waals surface area contributed by atoms with Gasteiger partial charge in [0.2, 0.25) is 0 Å². The van der Waals surface area contributed by atoms with Crippen molar-refractivity contribution in [2.45, 2.75) is 13.3 Å². The Morgan fingerprint density at radius 3 is 3.00 bits per heavy atom. The van der Waals surface area contributed by atoms with Gasteiger partial charge in [-0.1, -0.05) is 12.1 Å². The zero-order valence-electron chi connectivity index (χ0n) is 8.51. The molecule has 0 atom stereocenters. The van der Waals surface area contributed by atoms with E-state index in [1.54, 1.807) is 6.07 Å². The van der Waals surface area contributed by atoms with Crippen LogP contribution in [0.2, 0.25) is 0 Å². The van der Waals surface area contributed by atoms with E-state index in [2.05, 4.69) is 27.2 Å². The zero-order chi connectivity index (χ0) is 11.3. The lowest BCUT2D eigenvalue weighted by atomic mass is 10.1. The van der Waals surface area contributed by atoms with E-state index in [0.717, 1.165) is 10.0 Å². The van der Waals surface area contributed by atoms with Gasteiger partial charge in [-0.2, -0.15) is 0 Å². The summed E-state index contributed by atoms with van der Waals surface area (Å²) in [5.74, 6) is 2.38. The van der Waals surface area contributed by atoms with E-state index in [-0.39, 0.29) is 5.91 Å². The van der Waals surface area contributed by atoms with E-state index in [4.69, 9.17) is 6.42 Å². The Morgan fingerprint density at radius 2 is 2.33 bits per heavy atom. The number of rotatable bonds is 3. The van der Waals surface area contributed by atoms with Crippen LogP contribution < -0.4 is 5.32 Å². The molecule has 0 aliphatic carbocycles. The summed E-state index contributed by atoms with van der Waals surface area (Å²) in [7, 11) is 0. The zero-order valence-corrected chi connectivity index (χ0v) is 10.1. The number of amides is 1. The van der Waals surface area contributed by atoms with Crippen molar-refractivity contribution in [1.29, 1.82) is 0 Å². The molecule has 2 nitrogen and oxygen atoms in total. The third kappa shape index (κ3) is 3.10. The van der Waals surface area contributed by atoms with Gasteiger partial charge in [0, 0.05) is 17.4 Å². The number of carbonyl (C=O) groups excluding carboxylic acids is 1. The predicted octanol–water partition coefficient (Wildman–Crippen LogP) is 2.51. The largest absolute Gasteiger partial charge is 0.351 e. The van der Waals surface area contributed by atoms with Crippen LogP contribution in [0, 0.1) is 19.3 Å². The van der Waals surface area contributed by atoms with Crippen molar-refractivity contribution in [2.75, 3.05) is 6.54 Å². The van der Waals surface area contributed by atoms with Crippen LogP contribution in [0.15, 0.2) is 22.7 Å². The van der Waals surface area contributed by atoms with Gasteiger partial charge in [0.15, 0.2) is 0 Å². The molecule has 3 heteroatoms. The summed E-state index contributed by atoms with van der Waals surface area (Å²) in [5, 5.41) is 2.76. The maximum absolute atomic E-state index is 11.7. The molecule has 0 aromatic heterocycles. The minimum Gasteiger partial charge on any atom is -0.351 e. The fourth-order valence-corrected chi connectivity index (χ4v) is 1.61. The second-order valence-electron chi connectivity index (χ2n) is 3.15. The minimum absolute atomic E-state index is 0.0965. The van der Waals surface area contributed by atoms with Crippen LogP contribution in [-0.4, -0.2) is 12.5 Å². The normalized spacial score (nSPS) is 9.40. The summed E-state index contributed by atoms with van der Waals surface area (Å²) < 4.78 is 0.836. The molecule has 0 saturated carbocycles. The highest BCUT2D eigenvalue weighted by atomic mass is 79.9. The molecule has 1 rings (SSSR count). The van der Waals surface area contributed by atoms with Crippen LogP contribution in [-0.2, 0) is 0 Å². The van der Waals surface area contributed by atoms with Crippen LogP contribution in [0.1, 0.15) is 22.3 Å². The van der Waals surface area contributed by atoms with Crippen molar-refractivity contribution < 1.29 is 4.79 Å². The number of nitrogens with one attached hydrogen (secondary N) is 1. The fourth-order valence-electron chi connectivity index (χ4n) is 1.17. The lowest BCUT2D eigenvalue weighted by molar-refractivity contribution is 0.0953. The van der Waals surface area contributed by atoms with E-state index in [1.807, 2.05) is 19.1 Å². The van der Waals surface area contributed by atoms with E-state index >= 15 is 0 Å². The fraction of sp³-hybridized carbons (Fsp3) is 0.250. The molecule has 0 fully saturated rings. The molecule has 0 radical (unpaired) electrons. The Labute approximate surface area is 98.2 Å². The van der Waals surface area contributed by atoms with Crippen LogP contribution >= 0.6 is 15.9 Å². The van der Waals surface area contributed by atoms with Gasteiger partial charge in [0.05, 0.1) is 5.56 Å². The van der Waals surface area contributed by atoms with Gasteiger partial charge in [-0.05, 0) is 34.5 Å². The Hall–Kier alpha value is -1.27. The second-order valence-corrected chi connectivity index (χ2v) is 3.94. The average Bonchev–Trinajstić information content (AvgIpc) is 2.22. The molecule has 0 unspecified atom stereocenters. The number of halogens is 1. The number of benzene rings is 1. The summed E-state index contributed by atoms with van der Waals surface area (Å²) in [4.78, 5) is 11.7. The lowest BCUT2D eigenvalue weighted by Crippen LogP contribution is -2.24. The summed E-state index contributed by atoms with van der Waals surface area (Å²) in [6.07, 6.45) is 5.65. The molecule has 0 aliphatic heterocycles. The Bertz CT molecular complexity index is 407. The van der Waals surface area contributed by atoms with E-state index in [1.165, 1.54) is 0 Å². The molecule has 78 valence electrons. The smallest absolute Gasteiger partial charge is 0.252 e. The Morgan fingerprint density at radius 1 is 1.60 bits per heavy atom. The Kier molecular flexibility index (Phi) is 4.38. The molecular formula is C12H12BrNO. The first-order chi connectivity index (χ1) is 7.16. The van der Waals surface area contributed by atoms with Crippen molar-refractivity contribution in [1.82, 2.24) is 5.32 Å². The summed E-state index contributed by atoms with van der Waals surface area (Å²) >= 11 is 3.39. The highest BCUT2D eigenvalue weighted by molar-refractivity contribution is 9.10. The quantitative estimate of drug-likeness (QED) is 0.661. The second kappa shape index (κ2) is 5.57. The van der Waals surface area contributed by atoms with Crippen LogP contribution in [0.25, 0.3) is 0 Å². The molecule has 1 aromatic rings. The monoisotopic (exact) mass is 265 g/mol. The van der Waals surface area contributed by atoms with Gasteiger partial charge in [-0.15, -0.1) is 12.3 Å². The van der Waals surface area contributed by atoms with Gasteiger partial charge < -0.3 is 5.32 Å². The van der Waals surface area contributed by atoms with E-state index < -0.39 is 0 Å². The van der Waals surface area contributed by atoms with Crippen LogP contribution in [0.5, 0.6) is 0 Å². The third-order valence-corrected chi connectivity index (χ3v) is 3.04. The van der Waals surface area contributed by atoms with Crippen LogP contribution in [0.3, 0.4) is 0 Å². The van der Waals surface area contributed by atoms with Crippen molar-refractivity contribution in [2.24, 2.45) is 0 Å². The van der Waals surface area contributed by atoms with E-state index in [9.17, 15) is 4.79 Å². The number of hydrogen-bond acceptors (Lipinski definition) is 1. The molecule has 15 heavy (non-hydrogen) atoms. The third-order valence-electron chi connectivity index (χ3n) is 1.99. The van der Waals surface area contributed by atoms with Gasteiger partial charge in [-0.25, -0.2) is 0 Å². The standard InChI is InChI=1S/C12H12BrNO/c1-3-4-8-14-12(15)10-7-5-6-9(2)11(10)13/h1,5-7H,4,8H2,2H3,(H,14,15). The topological polar surface area (TPSA) is 29.1 Å². The molecule has 0 heterocycles. The average molecular weight is 266 g/mol. The first-order valence-corrected chi connectivity index (χ1v) is 5.43. The van der Waals surface area contributed by atoms with Crippen LogP contribution in [0.4, 0.5) is 0 Å². The number of aryl methyl sites for hydroxylation is 1. The lowest BCUT2D eigenvalue weighted by Gasteiger charge is -2.06. The van der Waals surface area contributed by atoms with Gasteiger partial charge in [0.1, 0.15) is 0 Å². The number of hydrogen-bond donors (Lipinski definition) is 1. The predicted molar refractivity (Wildman–Crippen MR) is 64.7 cm³/mol. The molecule has 0 bridgehead atoms. The highest BCUT2D eigenvalue weighted by Gasteiger charge is 2.09. The molecular weight excluding hydrogens is 254 g/mol. The SMILES string of the molecule is C#CCCNC(=O)c1cccc(C)c1Br. The number of terminal acetylenes is 1. The van der Waals surface area contributed by atoms with Gasteiger partial charge in [-0.3, -0.25) is 4.79 Å². The molecule has 0 spiro atoms. The molecule has 0 aliphatic rings. The van der Waals surface area contributed by atoms with Crippen molar-refractivity contribution in [3.05, 3.63) is 33.8 Å². The minimum atomic E-state index is -0.0965. The van der Waals surface area contributed by atoms with E-state index in [0.29, 0.717) is 18.5 Å². The summed E-state index contributed by atoms with van der Waals surface area (Å²) in [5.41, 5.74) is 1.69. The summed E-state index contributed by atoms with van der Waals surface area (Å²) in [6.45, 7) is 2.46. The van der Waals surface area contributed by atoms with Crippen molar-refractivity contribution in [3.8, 4) is 12.3 Å². The first-order valence-electron chi connectivity index (χ1n) is 4.63. The molecule has 1 N–H and O–H groups in total.